The van der Waals surface area contributed by atoms with E-state index in [1.165, 1.54) is 30.0 Å². The van der Waals surface area contributed by atoms with E-state index in [1.54, 1.807) is 0 Å². The highest BCUT2D eigenvalue weighted by molar-refractivity contribution is 7.98. The summed E-state index contributed by atoms with van der Waals surface area (Å²) >= 11 is 1.18. The van der Waals surface area contributed by atoms with Crippen molar-refractivity contribution in [2.45, 2.75) is 11.9 Å². The van der Waals surface area contributed by atoms with Gasteiger partial charge in [0, 0.05) is 17.1 Å². The van der Waals surface area contributed by atoms with E-state index in [0.29, 0.717) is 0 Å². The third-order valence-corrected chi connectivity index (χ3v) is 2.94. The van der Waals surface area contributed by atoms with Gasteiger partial charge >= 0.3 is 0 Å². The van der Waals surface area contributed by atoms with Crippen molar-refractivity contribution in [2.75, 3.05) is 12.4 Å². The average Bonchev–Trinajstić information content (AvgIpc) is 2.22. The zero-order valence-electron chi connectivity index (χ0n) is 7.99. The molecule has 1 aromatic carbocycles. The molecule has 84 valence electrons. The van der Waals surface area contributed by atoms with Gasteiger partial charge in [-0.05, 0) is 12.1 Å². The highest BCUT2D eigenvalue weighted by Gasteiger charge is 2.09. The van der Waals surface area contributed by atoms with E-state index in [4.69, 9.17) is 10.2 Å². The van der Waals surface area contributed by atoms with Crippen LogP contribution in [0.2, 0.25) is 0 Å². The minimum absolute atomic E-state index is 0.00707. The van der Waals surface area contributed by atoms with Gasteiger partial charge in [-0.3, -0.25) is 0 Å². The fraction of sp³-hybridized carbons (Fsp3) is 0.400. The first kappa shape index (κ1) is 12.4. The van der Waals surface area contributed by atoms with Gasteiger partial charge in [0.2, 0.25) is 0 Å². The van der Waals surface area contributed by atoms with Crippen LogP contribution in [0.3, 0.4) is 0 Å². The largest absolute Gasteiger partial charge is 0.394 e. The molecule has 0 amide bonds. The second-order valence-corrected chi connectivity index (χ2v) is 4.08. The number of aliphatic hydroxyl groups excluding tert-OH is 2. The molecule has 15 heavy (non-hydrogen) atoms. The van der Waals surface area contributed by atoms with Gasteiger partial charge in [-0.25, -0.2) is 8.78 Å². The van der Waals surface area contributed by atoms with Crippen LogP contribution in [0, 0.1) is 11.6 Å². The number of halogens is 2. The van der Waals surface area contributed by atoms with Crippen molar-refractivity contribution < 1.29 is 19.0 Å². The van der Waals surface area contributed by atoms with Gasteiger partial charge in [-0.2, -0.15) is 11.8 Å². The second-order valence-electron chi connectivity index (χ2n) is 3.05. The Morgan fingerprint density at radius 1 is 1.27 bits per heavy atom. The SMILES string of the molecule is OCC(O)CSCc1c(F)cccc1F. The van der Waals surface area contributed by atoms with Crippen molar-refractivity contribution in [1.82, 2.24) is 0 Å². The summed E-state index contributed by atoms with van der Waals surface area (Å²) in [6, 6.07) is 3.70. The van der Waals surface area contributed by atoms with Crippen molar-refractivity contribution in [3.05, 3.63) is 35.4 Å². The Labute approximate surface area is 90.9 Å². The molecular weight excluding hydrogens is 222 g/mol. The van der Waals surface area contributed by atoms with E-state index in [2.05, 4.69) is 0 Å². The van der Waals surface area contributed by atoms with Crippen LogP contribution in [0.25, 0.3) is 0 Å². The minimum Gasteiger partial charge on any atom is -0.394 e. The molecule has 1 rings (SSSR count). The molecule has 2 nitrogen and oxygen atoms in total. The number of benzene rings is 1. The zero-order valence-corrected chi connectivity index (χ0v) is 8.81. The molecule has 0 aliphatic carbocycles. The highest BCUT2D eigenvalue weighted by Crippen LogP contribution is 2.19. The maximum Gasteiger partial charge on any atom is 0.130 e. The fourth-order valence-corrected chi connectivity index (χ4v) is 2.00. The molecular formula is C10H12F2O2S. The molecule has 0 heterocycles. The van der Waals surface area contributed by atoms with E-state index >= 15 is 0 Å². The molecule has 0 bridgehead atoms. The first-order valence-corrected chi connectivity index (χ1v) is 5.60. The lowest BCUT2D eigenvalue weighted by atomic mass is 10.2. The van der Waals surface area contributed by atoms with E-state index in [9.17, 15) is 8.78 Å². The van der Waals surface area contributed by atoms with Gasteiger partial charge in [0.05, 0.1) is 12.7 Å². The van der Waals surface area contributed by atoms with Crippen LogP contribution in [0.4, 0.5) is 8.78 Å². The monoisotopic (exact) mass is 234 g/mol. The molecule has 1 aromatic rings. The molecule has 0 aliphatic rings. The third-order valence-electron chi connectivity index (χ3n) is 1.83. The van der Waals surface area contributed by atoms with Crippen LogP contribution in [0.5, 0.6) is 0 Å². The van der Waals surface area contributed by atoms with Gasteiger partial charge in [-0.1, -0.05) is 6.07 Å². The Balaban J connectivity index is 2.50. The van der Waals surface area contributed by atoms with Crippen molar-refractivity contribution in [3.8, 4) is 0 Å². The molecule has 0 spiro atoms. The number of rotatable bonds is 5. The van der Waals surface area contributed by atoms with E-state index in [0.717, 1.165) is 0 Å². The minimum atomic E-state index is -0.843. The second kappa shape index (κ2) is 6.05. The lowest BCUT2D eigenvalue weighted by molar-refractivity contribution is 0.113. The maximum atomic E-state index is 13.1. The molecule has 0 aromatic heterocycles. The van der Waals surface area contributed by atoms with Gasteiger partial charge in [0.1, 0.15) is 11.6 Å². The molecule has 0 aliphatic heterocycles. The molecule has 2 N–H and O–H groups in total. The summed E-state index contributed by atoms with van der Waals surface area (Å²) in [5.41, 5.74) is 0.00707. The number of aliphatic hydroxyl groups is 2. The van der Waals surface area contributed by atoms with Crippen molar-refractivity contribution in [3.63, 3.8) is 0 Å². The summed E-state index contributed by atoms with van der Waals surface area (Å²) in [5.74, 6) is -0.762. The highest BCUT2D eigenvalue weighted by atomic mass is 32.2. The van der Waals surface area contributed by atoms with Gasteiger partial charge in [0.15, 0.2) is 0 Å². The Morgan fingerprint density at radius 2 is 1.87 bits per heavy atom. The van der Waals surface area contributed by atoms with E-state index in [1.807, 2.05) is 0 Å². The summed E-state index contributed by atoms with van der Waals surface area (Å²) in [5, 5.41) is 17.5. The number of hydrogen-bond donors (Lipinski definition) is 2. The van der Waals surface area contributed by atoms with E-state index in [-0.39, 0.29) is 23.7 Å². The first-order chi connectivity index (χ1) is 7.15. The van der Waals surface area contributed by atoms with Crippen molar-refractivity contribution >= 4 is 11.8 Å². The smallest absolute Gasteiger partial charge is 0.130 e. The Morgan fingerprint density at radius 3 is 2.40 bits per heavy atom. The molecule has 0 radical (unpaired) electrons. The Hall–Kier alpha value is -0.650. The predicted octanol–water partition coefficient (Wildman–Crippen LogP) is 1.55. The van der Waals surface area contributed by atoms with Crippen molar-refractivity contribution in [2.24, 2.45) is 0 Å². The Bertz CT molecular complexity index is 300. The molecule has 0 fully saturated rings. The summed E-state index contributed by atoms with van der Waals surface area (Å²) in [6.45, 7) is -0.341. The third kappa shape index (κ3) is 3.77. The van der Waals surface area contributed by atoms with Gasteiger partial charge < -0.3 is 10.2 Å². The molecule has 0 saturated heterocycles. The van der Waals surface area contributed by atoms with Gasteiger partial charge in [0.25, 0.3) is 0 Å². The van der Waals surface area contributed by atoms with Crippen LogP contribution in [0.15, 0.2) is 18.2 Å². The van der Waals surface area contributed by atoms with E-state index < -0.39 is 17.7 Å². The maximum absolute atomic E-state index is 13.1. The average molecular weight is 234 g/mol. The number of thioether (sulfide) groups is 1. The quantitative estimate of drug-likeness (QED) is 0.812. The van der Waals surface area contributed by atoms with Crippen LogP contribution < -0.4 is 0 Å². The molecule has 1 atom stereocenters. The lowest BCUT2D eigenvalue weighted by Gasteiger charge is -2.07. The normalized spacial score (nSPS) is 12.8. The molecule has 0 saturated carbocycles. The topological polar surface area (TPSA) is 40.5 Å². The summed E-state index contributed by atoms with van der Waals surface area (Å²) in [4.78, 5) is 0. The summed E-state index contributed by atoms with van der Waals surface area (Å²) < 4.78 is 26.2. The van der Waals surface area contributed by atoms with Crippen LogP contribution in [0.1, 0.15) is 5.56 Å². The summed E-state index contributed by atoms with van der Waals surface area (Å²) in [6.07, 6.45) is -0.843. The summed E-state index contributed by atoms with van der Waals surface area (Å²) in [7, 11) is 0. The van der Waals surface area contributed by atoms with Crippen LogP contribution >= 0.6 is 11.8 Å². The molecule has 1 unspecified atom stereocenters. The number of hydrogen-bond acceptors (Lipinski definition) is 3. The first-order valence-electron chi connectivity index (χ1n) is 4.44. The molecule has 5 heteroatoms. The van der Waals surface area contributed by atoms with Crippen LogP contribution in [-0.4, -0.2) is 28.7 Å². The fourth-order valence-electron chi connectivity index (χ4n) is 1.02. The van der Waals surface area contributed by atoms with Crippen molar-refractivity contribution in [1.29, 1.82) is 0 Å². The lowest BCUT2D eigenvalue weighted by Crippen LogP contribution is -2.14. The van der Waals surface area contributed by atoms with Crippen LogP contribution in [-0.2, 0) is 5.75 Å². The standard InChI is InChI=1S/C10H12F2O2S/c11-9-2-1-3-10(12)8(9)6-15-5-7(14)4-13/h1-3,7,13-14H,4-6H2. The Kier molecular flexibility index (Phi) is 5.01. The predicted molar refractivity (Wildman–Crippen MR) is 55.6 cm³/mol. The van der Waals surface area contributed by atoms with Gasteiger partial charge in [-0.15, -0.1) is 0 Å². The zero-order chi connectivity index (χ0) is 11.3.